The van der Waals surface area contributed by atoms with E-state index in [1.54, 1.807) is 25.2 Å². The van der Waals surface area contributed by atoms with Gasteiger partial charge in [-0.3, -0.25) is 9.59 Å². The number of cyclic esters (lactones) is 1. The zero-order chi connectivity index (χ0) is 25.0. The fourth-order valence-corrected chi connectivity index (χ4v) is 4.30. The van der Waals surface area contributed by atoms with E-state index in [9.17, 15) is 14.7 Å². The van der Waals surface area contributed by atoms with Crippen LogP contribution in [0, 0.1) is 24.2 Å². The number of aryl methyl sites for hydroxylation is 1. The van der Waals surface area contributed by atoms with Crippen molar-refractivity contribution in [3.63, 3.8) is 0 Å². The van der Waals surface area contributed by atoms with Gasteiger partial charge < -0.3 is 9.84 Å². The Morgan fingerprint density at radius 3 is 2.55 bits per heavy atom. The summed E-state index contributed by atoms with van der Waals surface area (Å²) in [6.45, 7) is 13.8. The molecule has 1 aromatic rings. The Bertz CT molecular complexity index is 850. The average Bonchev–Trinajstić information content (AvgIpc) is 3.15. The van der Waals surface area contributed by atoms with Gasteiger partial charge in [0, 0.05) is 17.7 Å². The van der Waals surface area contributed by atoms with E-state index in [1.807, 2.05) is 45.9 Å². The molecule has 0 saturated carbocycles. The van der Waals surface area contributed by atoms with Crippen LogP contribution >= 0.6 is 11.3 Å². The molecule has 2 heterocycles. The van der Waals surface area contributed by atoms with Crippen LogP contribution in [0.4, 0.5) is 0 Å². The SMILES string of the molecule is C/C=C\c1csc(C)n1.CC1=C/CCOC(=O)CC(O)C(C)(C)C(=O)C(C)CC(C)C\C=C\1. The van der Waals surface area contributed by atoms with Gasteiger partial charge in [0.05, 0.1) is 35.2 Å². The molecule has 33 heavy (non-hydrogen) atoms. The van der Waals surface area contributed by atoms with Crippen LogP contribution in [-0.2, 0) is 14.3 Å². The number of rotatable bonds is 1. The predicted molar refractivity (Wildman–Crippen MR) is 137 cm³/mol. The number of esters is 1. The van der Waals surface area contributed by atoms with E-state index < -0.39 is 17.5 Å². The molecule has 3 atom stereocenters. The molecule has 3 unspecified atom stereocenters. The molecule has 0 amide bonds. The van der Waals surface area contributed by atoms with E-state index in [-0.39, 0.29) is 24.7 Å². The van der Waals surface area contributed by atoms with Crippen molar-refractivity contribution >= 4 is 29.2 Å². The number of aliphatic hydroxyl groups excluding tert-OH is 1. The average molecular weight is 476 g/mol. The molecule has 2 rings (SSSR count). The molecule has 1 N–H and O–H groups in total. The van der Waals surface area contributed by atoms with Crippen LogP contribution < -0.4 is 0 Å². The maximum Gasteiger partial charge on any atom is 0.308 e. The number of aromatic nitrogens is 1. The molecule has 0 spiro atoms. The van der Waals surface area contributed by atoms with Crippen molar-refractivity contribution in [2.24, 2.45) is 17.3 Å². The largest absolute Gasteiger partial charge is 0.465 e. The molecule has 0 fully saturated rings. The predicted octanol–water partition coefficient (Wildman–Crippen LogP) is 6.32. The van der Waals surface area contributed by atoms with Crippen LogP contribution in [0.15, 0.2) is 35.3 Å². The van der Waals surface area contributed by atoms with E-state index in [4.69, 9.17) is 4.74 Å². The Morgan fingerprint density at radius 2 is 1.94 bits per heavy atom. The number of ether oxygens (including phenoxy) is 1. The highest BCUT2D eigenvalue weighted by atomic mass is 32.1. The first-order chi connectivity index (χ1) is 15.5. The second-order valence-electron chi connectivity index (χ2n) is 9.43. The molecule has 0 bridgehead atoms. The molecular formula is C27H41NO4S. The summed E-state index contributed by atoms with van der Waals surface area (Å²) in [7, 11) is 0. The standard InChI is InChI=1S/C20H32O4.C7H9NS/c1-14-8-6-9-15(2)12-16(3)19(23)20(4,5)17(21)13-18(22)24-11-7-10-14;1-3-4-7-5-9-6(2)8-7/h6,8,10,15-17,21H,7,9,11-13H2,1-5H3;3-5H,1-2H3/b8-6+,14-10-;4-3-. The number of nitrogens with zero attached hydrogens (tertiary/aromatic N) is 1. The zero-order valence-corrected chi connectivity index (χ0v) is 22.1. The van der Waals surface area contributed by atoms with E-state index >= 15 is 0 Å². The van der Waals surface area contributed by atoms with Crippen molar-refractivity contribution in [2.75, 3.05) is 6.61 Å². The van der Waals surface area contributed by atoms with Crippen molar-refractivity contribution in [3.05, 3.63) is 46.0 Å². The topological polar surface area (TPSA) is 76.5 Å². The number of allylic oxidation sites excluding steroid dienone is 4. The summed E-state index contributed by atoms with van der Waals surface area (Å²) in [6.07, 6.45) is 11.4. The van der Waals surface area contributed by atoms with Gasteiger partial charge in [0.1, 0.15) is 5.78 Å². The minimum Gasteiger partial charge on any atom is -0.465 e. The maximum atomic E-state index is 12.7. The third-order valence-electron chi connectivity index (χ3n) is 5.77. The lowest BCUT2D eigenvalue weighted by molar-refractivity contribution is -0.150. The van der Waals surface area contributed by atoms with Crippen molar-refractivity contribution < 1.29 is 19.4 Å². The number of carbonyl (C=O) groups excluding carboxylic acids is 2. The summed E-state index contributed by atoms with van der Waals surface area (Å²) in [5.74, 6) is -0.225. The first-order valence-corrected chi connectivity index (χ1v) is 12.6. The second-order valence-corrected chi connectivity index (χ2v) is 10.5. The summed E-state index contributed by atoms with van der Waals surface area (Å²) < 4.78 is 5.16. The summed E-state index contributed by atoms with van der Waals surface area (Å²) in [4.78, 5) is 28.8. The number of ketones is 1. The normalized spacial score (nSPS) is 27.8. The summed E-state index contributed by atoms with van der Waals surface area (Å²) in [5, 5.41) is 13.5. The van der Waals surface area contributed by atoms with Gasteiger partial charge in [-0.25, -0.2) is 4.98 Å². The molecule has 0 aromatic carbocycles. The van der Waals surface area contributed by atoms with Crippen LogP contribution in [0.5, 0.6) is 0 Å². The molecule has 6 heteroatoms. The molecule has 0 aliphatic carbocycles. The van der Waals surface area contributed by atoms with Crippen molar-refractivity contribution in [2.45, 2.75) is 80.3 Å². The third-order valence-corrected chi connectivity index (χ3v) is 6.56. The lowest BCUT2D eigenvalue weighted by Crippen LogP contribution is -2.42. The Morgan fingerprint density at radius 1 is 1.24 bits per heavy atom. The lowest BCUT2D eigenvalue weighted by Gasteiger charge is -2.32. The highest BCUT2D eigenvalue weighted by Gasteiger charge is 2.39. The monoisotopic (exact) mass is 475 g/mol. The fraction of sp³-hybridized carbons (Fsp3) is 0.593. The summed E-state index contributed by atoms with van der Waals surface area (Å²) in [5.41, 5.74) is 1.25. The summed E-state index contributed by atoms with van der Waals surface area (Å²) >= 11 is 1.68. The minimum absolute atomic E-state index is 0.00167. The number of aliphatic hydroxyl groups is 1. The van der Waals surface area contributed by atoms with E-state index in [1.165, 1.54) is 0 Å². The molecule has 1 aromatic heterocycles. The second kappa shape index (κ2) is 14.3. The maximum absolute atomic E-state index is 12.7. The van der Waals surface area contributed by atoms with Gasteiger partial charge in [0.25, 0.3) is 0 Å². The minimum atomic E-state index is -1.03. The van der Waals surface area contributed by atoms with E-state index in [0.29, 0.717) is 12.3 Å². The fourth-order valence-electron chi connectivity index (χ4n) is 3.72. The van der Waals surface area contributed by atoms with Gasteiger partial charge in [0.2, 0.25) is 0 Å². The molecule has 184 valence electrons. The number of hydrogen-bond acceptors (Lipinski definition) is 6. The number of carbonyl (C=O) groups is 2. The molecule has 0 saturated heterocycles. The van der Waals surface area contributed by atoms with Gasteiger partial charge in [-0.1, -0.05) is 57.6 Å². The Balaban J connectivity index is 0.000000502. The quantitative estimate of drug-likeness (QED) is 0.481. The third kappa shape index (κ3) is 10.6. The van der Waals surface area contributed by atoms with Crippen molar-refractivity contribution in [1.29, 1.82) is 0 Å². The molecular weight excluding hydrogens is 434 g/mol. The highest BCUT2D eigenvalue weighted by Crippen LogP contribution is 2.31. The zero-order valence-electron chi connectivity index (χ0n) is 21.3. The van der Waals surface area contributed by atoms with Crippen molar-refractivity contribution in [1.82, 2.24) is 4.98 Å². The lowest BCUT2D eigenvalue weighted by atomic mass is 9.74. The molecule has 5 nitrogen and oxygen atoms in total. The van der Waals surface area contributed by atoms with Gasteiger partial charge >= 0.3 is 5.97 Å². The Kier molecular flexibility index (Phi) is 12.5. The van der Waals surface area contributed by atoms with Gasteiger partial charge in [-0.15, -0.1) is 11.3 Å². The number of hydrogen-bond donors (Lipinski definition) is 1. The van der Waals surface area contributed by atoms with Crippen LogP contribution in [0.1, 0.15) is 77.9 Å². The molecule has 0 radical (unpaired) electrons. The Labute approximate surface area is 203 Å². The van der Waals surface area contributed by atoms with Crippen LogP contribution in [0.3, 0.4) is 0 Å². The molecule has 1 aliphatic heterocycles. The van der Waals surface area contributed by atoms with Gasteiger partial charge in [-0.05, 0) is 45.6 Å². The van der Waals surface area contributed by atoms with Crippen LogP contribution in [-0.4, -0.2) is 34.6 Å². The molecule has 1 aliphatic rings. The van der Waals surface area contributed by atoms with E-state index in [0.717, 1.165) is 29.1 Å². The van der Waals surface area contributed by atoms with Gasteiger partial charge in [0.15, 0.2) is 0 Å². The van der Waals surface area contributed by atoms with Gasteiger partial charge in [-0.2, -0.15) is 0 Å². The Hall–Kier alpha value is -2.05. The number of thiazole rings is 1. The highest BCUT2D eigenvalue weighted by molar-refractivity contribution is 7.09. The first kappa shape index (κ1) is 29.0. The summed E-state index contributed by atoms with van der Waals surface area (Å²) in [6, 6.07) is 0. The van der Waals surface area contributed by atoms with E-state index in [2.05, 4.69) is 29.4 Å². The van der Waals surface area contributed by atoms with Crippen LogP contribution in [0.25, 0.3) is 6.08 Å². The smallest absolute Gasteiger partial charge is 0.308 e. The van der Waals surface area contributed by atoms with Crippen molar-refractivity contribution in [3.8, 4) is 0 Å². The first-order valence-electron chi connectivity index (χ1n) is 11.7. The number of Topliss-reactive ketones (excluding diaryl/α,β-unsaturated/α-hetero) is 1. The van der Waals surface area contributed by atoms with Crippen LogP contribution in [0.2, 0.25) is 0 Å².